The van der Waals surface area contributed by atoms with Crippen molar-refractivity contribution in [3.05, 3.63) is 54.6 Å². The van der Waals surface area contributed by atoms with E-state index in [1.807, 2.05) is 26.0 Å². The van der Waals surface area contributed by atoms with Gasteiger partial charge in [0.25, 0.3) is 0 Å². The Kier molecular flexibility index (Phi) is 39.1. The highest BCUT2D eigenvalue weighted by molar-refractivity contribution is 5.91. The smallest absolute Gasteiger partial charge is 0.341 e. The average Bonchev–Trinajstić information content (AvgIpc) is 3.06. The number of benzene rings is 1. The van der Waals surface area contributed by atoms with E-state index in [0.29, 0.717) is 17.7 Å². The molecule has 15 heteroatoms. The molecule has 47 heavy (non-hydrogen) atoms. The Labute approximate surface area is 279 Å². The topological polar surface area (TPSA) is 244 Å². The Balaban J connectivity index is -0.000000514. The molecule has 0 aliphatic rings. The minimum absolute atomic E-state index is 0.104. The molecule has 1 rings (SSSR count). The maximum Gasteiger partial charge on any atom is 0.341 e. The van der Waals surface area contributed by atoms with Gasteiger partial charge in [0.15, 0.2) is 6.61 Å². The fraction of sp³-hybridized carbons (Fsp3) is 0.500. The summed E-state index contributed by atoms with van der Waals surface area (Å²) < 4.78 is 5.02. The first-order valence-electron chi connectivity index (χ1n) is 15.2. The van der Waals surface area contributed by atoms with Crippen LogP contribution in [0.15, 0.2) is 49.1 Å². The monoisotopic (exact) mass is 667 g/mol. The van der Waals surface area contributed by atoms with Crippen molar-refractivity contribution in [3.8, 4) is 5.75 Å². The third kappa shape index (κ3) is 37.3. The molecule has 1 aromatic rings. The van der Waals surface area contributed by atoms with Gasteiger partial charge < -0.3 is 47.9 Å². The number of carboxylic acid groups (broad SMARTS) is 1. The van der Waals surface area contributed by atoms with Crippen LogP contribution in [-0.2, 0) is 35.2 Å². The van der Waals surface area contributed by atoms with E-state index < -0.39 is 48.8 Å². The maximum atomic E-state index is 12.3. The lowest BCUT2D eigenvalue weighted by atomic mass is 10.1. The molecule has 0 saturated carbocycles. The minimum Gasteiger partial charge on any atom is -0.482 e. The van der Waals surface area contributed by atoms with E-state index >= 15 is 0 Å². The van der Waals surface area contributed by atoms with Crippen molar-refractivity contribution in [1.82, 2.24) is 26.6 Å². The van der Waals surface area contributed by atoms with Crippen molar-refractivity contribution in [2.45, 2.75) is 59.9 Å². The van der Waals surface area contributed by atoms with Crippen LogP contribution in [0.25, 0.3) is 0 Å². The first kappa shape index (κ1) is 49.1. The zero-order valence-electron chi connectivity index (χ0n) is 28.7. The van der Waals surface area contributed by atoms with Crippen LogP contribution in [0.1, 0.15) is 53.0 Å². The van der Waals surface area contributed by atoms with Gasteiger partial charge in [-0.1, -0.05) is 71.1 Å². The van der Waals surface area contributed by atoms with Crippen LogP contribution in [0, 0.1) is 0 Å². The van der Waals surface area contributed by atoms with E-state index in [4.69, 9.17) is 21.3 Å². The Morgan fingerprint density at radius 1 is 0.915 bits per heavy atom. The number of nitrogens with two attached hydrogens (primary N) is 2. The third-order valence-corrected chi connectivity index (χ3v) is 4.52. The molecule has 0 bridgehead atoms. The lowest BCUT2D eigenvalue weighted by Gasteiger charge is -2.16. The lowest BCUT2D eigenvalue weighted by molar-refractivity contribution is -0.139. The van der Waals surface area contributed by atoms with Gasteiger partial charge in [-0.3, -0.25) is 24.0 Å². The van der Waals surface area contributed by atoms with E-state index in [-0.39, 0.29) is 19.5 Å². The molecular formula is C32H57N7O8. The summed E-state index contributed by atoms with van der Waals surface area (Å²) >= 11 is 0. The molecule has 0 aromatic heterocycles. The van der Waals surface area contributed by atoms with Crippen LogP contribution in [0.4, 0.5) is 0 Å². The maximum absolute atomic E-state index is 12.3. The van der Waals surface area contributed by atoms with Crippen molar-refractivity contribution in [1.29, 1.82) is 0 Å². The second-order valence-corrected chi connectivity index (χ2v) is 8.98. The van der Waals surface area contributed by atoms with Gasteiger partial charge in [0, 0.05) is 13.5 Å². The van der Waals surface area contributed by atoms with Crippen LogP contribution in [0.3, 0.4) is 0 Å². The summed E-state index contributed by atoms with van der Waals surface area (Å²) in [5, 5.41) is 20.2. The summed E-state index contributed by atoms with van der Waals surface area (Å²) in [6.07, 6.45) is 8.38. The van der Waals surface area contributed by atoms with Crippen molar-refractivity contribution < 1.29 is 38.6 Å². The zero-order chi connectivity index (χ0) is 36.9. The van der Waals surface area contributed by atoms with Crippen LogP contribution < -0.4 is 42.8 Å². The highest BCUT2D eigenvalue weighted by Gasteiger charge is 2.19. The number of carbonyl (C=O) groups is 6. The van der Waals surface area contributed by atoms with E-state index in [1.165, 1.54) is 25.6 Å². The normalized spacial score (nSPS) is 9.70. The number of nitrogens with one attached hydrogen (secondary N) is 5. The van der Waals surface area contributed by atoms with E-state index in [1.54, 1.807) is 18.2 Å². The number of aliphatic carboxylic acids is 1. The number of carboxylic acids is 1. The average molecular weight is 668 g/mol. The number of amides is 5. The molecule has 0 aliphatic carbocycles. The molecule has 1 atom stereocenters. The van der Waals surface area contributed by atoms with Gasteiger partial charge >= 0.3 is 5.97 Å². The largest absolute Gasteiger partial charge is 0.482 e. The third-order valence-electron chi connectivity index (χ3n) is 4.52. The molecule has 0 aliphatic heterocycles. The first-order valence-corrected chi connectivity index (χ1v) is 15.2. The molecule has 0 radical (unpaired) electrons. The molecule has 268 valence electrons. The molecule has 0 fully saturated rings. The second kappa shape index (κ2) is 37.4. The van der Waals surface area contributed by atoms with Gasteiger partial charge in [-0.25, -0.2) is 4.79 Å². The number of ether oxygens (including phenoxy) is 1. The summed E-state index contributed by atoms with van der Waals surface area (Å²) in [7, 11) is 1.41. The molecule has 5 amide bonds. The van der Waals surface area contributed by atoms with Crippen LogP contribution >= 0.6 is 0 Å². The summed E-state index contributed by atoms with van der Waals surface area (Å²) in [6.45, 7) is 13.7. The fourth-order valence-corrected chi connectivity index (χ4v) is 2.41. The standard InChI is InChI=1S/C19H25N5O8.C5H8.C3H9N.C3H8.C2H7N/c1-20-15(26)7-21-16(27)8-22-17(28)9-23-19(31)14(24-11-25)6-12-2-4-13(5-3-12)32-10-18(29)30;1-3-5-4-2;1-2-3-4;1-3-2;1-2-3/h2-5,11,14H,6-10H2,1H3,(H,20,26)(H,21,27)(H,22,28)(H,23,31)(H,24,25)(H,29,30);3-5H,1H2,2H3;2-4H2,1H3;3H2,1-2H3;2-3H2,1H3/b;5-4-;;;/t14-;;;;/m0..../s1. The molecule has 10 N–H and O–H groups in total. The van der Waals surface area contributed by atoms with Gasteiger partial charge in [-0.05, 0) is 44.1 Å². The van der Waals surface area contributed by atoms with Crippen LogP contribution in [0.5, 0.6) is 5.75 Å². The number of allylic oxidation sites excluding steroid dienone is 3. The molecule has 1 aromatic carbocycles. The second-order valence-electron chi connectivity index (χ2n) is 8.98. The first-order chi connectivity index (χ1) is 22.4. The predicted molar refractivity (Wildman–Crippen MR) is 184 cm³/mol. The Bertz CT molecular complexity index is 1020. The van der Waals surface area contributed by atoms with Crippen molar-refractivity contribution in [3.63, 3.8) is 0 Å². The summed E-state index contributed by atoms with van der Waals surface area (Å²) in [4.78, 5) is 68.0. The van der Waals surface area contributed by atoms with Gasteiger partial charge in [0.05, 0.1) is 19.6 Å². The molecule has 0 spiro atoms. The Morgan fingerprint density at radius 2 is 1.38 bits per heavy atom. The van der Waals surface area contributed by atoms with Gasteiger partial charge in [-0.2, -0.15) is 0 Å². The van der Waals surface area contributed by atoms with Crippen molar-refractivity contribution in [2.75, 3.05) is 46.4 Å². The SMILES string of the molecule is C=C/C=C\C.CCC.CCCN.CCN.CNC(=O)CNC(=O)CNC(=O)CNC(=O)[C@H](Cc1ccc(OCC(=O)O)cc1)NC=O. The minimum atomic E-state index is -1.12. The Hall–Kier alpha value is -4.76. The zero-order valence-corrected chi connectivity index (χ0v) is 28.7. The van der Waals surface area contributed by atoms with E-state index in [0.717, 1.165) is 19.5 Å². The van der Waals surface area contributed by atoms with E-state index in [2.05, 4.69) is 53.9 Å². The number of likely N-dealkylation sites (N-methyl/N-ethyl adjacent to an activating group) is 1. The molecule has 0 unspecified atom stereocenters. The van der Waals surface area contributed by atoms with Gasteiger partial charge in [0.2, 0.25) is 30.0 Å². The highest BCUT2D eigenvalue weighted by Crippen LogP contribution is 2.13. The molecule has 0 saturated heterocycles. The predicted octanol–water partition coefficient (Wildman–Crippen LogP) is 0.387. The van der Waals surface area contributed by atoms with Crippen molar-refractivity contribution in [2.24, 2.45) is 11.5 Å². The highest BCUT2D eigenvalue weighted by atomic mass is 16.5. The number of hydrogen-bond donors (Lipinski definition) is 8. The number of rotatable bonds is 16. The number of hydrogen-bond acceptors (Lipinski definition) is 9. The van der Waals surface area contributed by atoms with Gasteiger partial charge in [0.1, 0.15) is 11.8 Å². The quantitative estimate of drug-likeness (QED) is 0.0890. The molecule has 15 nitrogen and oxygen atoms in total. The summed E-state index contributed by atoms with van der Waals surface area (Å²) in [6, 6.07) is 5.29. The number of carbonyl (C=O) groups excluding carboxylic acids is 5. The lowest BCUT2D eigenvalue weighted by Crippen LogP contribution is -2.49. The van der Waals surface area contributed by atoms with Crippen LogP contribution in [-0.4, -0.2) is 93.5 Å². The van der Waals surface area contributed by atoms with E-state index in [9.17, 15) is 28.8 Å². The van der Waals surface area contributed by atoms with Crippen molar-refractivity contribution >= 4 is 36.0 Å². The summed E-state index contributed by atoms with van der Waals surface area (Å²) in [5.41, 5.74) is 10.5. The fourth-order valence-electron chi connectivity index (χ4n) is 2.41. The van der Waals surface area contributed by atoms with Crippen LogP contribution in [0.2, 0.25) is 0 Å². The molecule has 0 heterocycles. The summed E-state index contributed by atoms with van der Waals surface area (Å²) in [5.74, 6) is -3.02. The Morgan fingerprint density at radius 3 is 1.74 bits per heavy atom. The molecular weight excluding hydrogens is 610 g/mol. The van der Waals surface area contributed by atoms with Gasteiger partial charge in [-0.15, -0.1) is 0 Å².